The molecule has 1 N–H and O–H groups in total. The van der Waals surface area contributed by atoms with Crippen molar-refractivity contribution < 1.29 is 0 Å². The molecule has 0 spiro atoms. The minimum Gasteiger partial charge on any atom is -0.324 e. The van der Waals surface area contributed by atoms with Crippen LogP contribution >= 0.6 is 11.8 Å². The summed E-state index contributed by atoms with van der Waals surface area (Å²) < 4.78 is 0. The van der Waals surface area contributed by atoms with Gasteiger partial charge in [0.2, 0.25) is 5.95 Å². The molecule has 0 bridgehead atoms. The number of nitrogens with one attached hydrogen (secondary N) is 1. The highest BCUT2D eigenvalue weighted by atomic mass is 32.2. The van der Waals surface area contributed by atoms with Crippen LogP contribution in [0.1, 0.15) is 5.56 Å². The maximum atomic E-state index is 4.45. The van der Waals surface area contributed by atoms with Gasteiger partial charge in [-0.05, 0) is 36.2 Å². The smallest absolute Gasteiger partial charge is 0.229 e. The molecule has 0 radical (unpaired) electrons. The molecular formula is C19H21N5S. The van der Waals surface area contributed by atoms with E-state index >= 15 is 0 Å². The van der Waals surface area contributed by atoms with Crippen molar-refractivity contribution in [1.82, 2.24) is 19.9 Å². The Kier molecular flexibility index (Phi) is 5.09. The summed E-state index contributed by atoms with van der Waals surface area (Å²) in [5, 5.41) is 4.20. The van der Waals surface area contributed by atoms with Crippen LogP contribution in [-0.4, -0.2) is 51.0 Å². The van der Waals surface area contributed by atoms with Crippen molar-refractivity contribution in [3.05, 3.63) is 54.4 Å². The lowest BCUT2D eigenvalue weighted by atomic mass is 10.1. The molecule has 0 atom stereocenters. The molecule has 128 valence electrons. The second-order valence-electron chi connectivity index (χ2n) is 6.14. The molecule has 6 heteroatoms. The van der Waals surface area contributed by atoms with E-state index in [9.17, 15) is 0 Å². The van der Waals surface area contributed by atoms with Gasteiger partial charge in [0, 0.05) is 54.6 Å². The Morgan fingerprint density at radius 2 is 1.88 bits per heavy atom. The van der Waals surface area contributed by atoms with Crippen LogP contribution in [-0.2, 0) is 6.42 Å². The summed E-state index contributed by atoms with van der Waals surface area (Å²) in [5.74, 6) is 3.11. The highest BCUT2D eigenvalue weighted by Crippen LogP contribution is 2.17. The molecule has 3 aromatic rings. The molecule has 0 aliphatic carbocycles. The van der Waals surface area contributed by atoms with E-state index in [1.165, 1.54) is 30.2 Å². The first-order chi connectivity index (χ1) is 12.4. The van der Waals surface area contributed by atoms with E-state index < -0.39 is 0 Å². The number of nitrogens with zero attached hydrogens (tertiary/aromatic N) is 4. The highest BCUT2D eigenvalue weighted by Gasteiger charge is 2.09. The Bertz CT molecular complexity index is 831. The molecule has 25 heavy (non-hydrogen) atoms. The van der Waals surface area contributed by atoms with Crippen LogP contribution in [0, 0.1) is 0 Å². The number of anilines is 2. The van der Waals surface area contributed by atoms with Crippen molar-refractivity contribution in [2.24, 2.45) is 0 Å². The number of thioether (sulfide) groups is 1. The predicted octanol–water partition coefficient (Wildman–Crippen LogP) is 3.36. The van der Waals surface area contributed by atoms with Crippen molar-refractivity contribution in [3.63, 3.8) is 0 Å². The zero-order valence-electron chi connectivity index (χ0n) is 14.1. The quantitative estimate of drug-likeness (QED) is 0.761. The molecule has 1 fully saturated rings. The molecule has 1 aliphatic heterocycles. The molecule has 0 unspecified atom stereocenters. The molecule has 1 saturated heterocycles. The molecule has 3 heterocycles. The number of aromatic nitrogens is 3. The van der Waals surface area contributed by atoms with E-state index in [2.05, 4.69) is 61.2 Å². The van der Waals surface area contributed by atoms with Gasteiger partial charge < -0.3 is 10.2 Å². The summed E-state index contributed by atoms with van der Waals surface area (Å²) in [4.78, 5) is 15.6. The lowest BCUT2D eigenvalue weighted by Gasteiger charge is -2.26. The summed E-state index contributed by atoms with van der Waals surface area (Å²) in [6.45, 7) is 3.59. The summed E-state index contributed by atoms with van der Waals surface area (Å²) in [6.07, 6.45) is 4.64. The summed E-state index contributed by atoms with van der Waals surface area (Å²) >= 11 is 2.06. The van der Waals surface area contributed by atoms with Crippen LogP contribution in [0.15, 0.2) is 48.8 Å². The highest BCUT2D eigenvalue weighted by molar-refractivity contribution is 7.99. The standard InChI is InChI=1S/C19H21N5S/c1-2-16-14-21-19(23-18(16)20-8-1)22-17-5-3-15(4-6-17)7-9-24-10-12-25-13-11-24/h1-6,8,14H,7,9-13H2,(H,20,21,22,23). The molecule has 1 aromatic carbocycles. The summed E-state index contributed by atoms with van der Waals surface area (Å²) in [5.41, 5.74) is 3.06. The minimum absolute atomic E-state index is 0.574. The van der Waals surface area contributed by atoms with E-state index in [0.29, 0.717) is 11.6 Å². The third-order valence-corrected chi connectivity index (χ3v) is 5.33. The van der Waals surface area contributed by atoms with E-state index in [1.54, 1.807) is 12.4 Å². The lowest BCUT2D eigenvalue weighted by molar-refractivity contribution is 0.306. The van der Waals surface area contributed by atoms with Crippen molar-refractivity contribution in [1.29, 1.82) is 0 Å². The maximum absolute atomic E-state index is 4.45. The SMILES string of the molecule is c1cnc2nc(Nc3ccc(CCN4CCSCC4)cc3)ncc2c1. The van der Waals surface area contributed by atoms with Gasteiger partial charge in [0.05, 0.1) is 0 Å². The number of fused-ring (bicyclic) bond motifs is 1. The van der Waals surface area contributed by atoms with E-state index in [-0.39, 0.29) is 0 Å². The third-order valence-electron chi connectivity index (χ3n) is 4.39. The van der Waals surface area contributed by atoms with Gasteiger partial charge in [-0.25, -0.2) is 9.97 Å². The van der Waals surface area contributed by atoms with Gasteiger partial charge in [-0.15, -0.1) is 0 Å². The second-order valence-corrected chi connectivity index (χ2v) is 7.36. The minimum atomic E-state index is 0.574. The Morgan fingerprint density at radius 1 is 1.04 bits per heavy atom. The van der Waals surface area contributed by atoms with Gasteiger partial charge in [0.15, 0.2) is 5.65 Å². The topological polar surface area (TPSA) is 53.9 Å². The fraction of sp³-hybridized carbons (Fsp3) is 0.316. The van der Waals surface area contributed by atoms with E-state index in [1.807, 2.05) is 12.1 Å². The zero-order chi connectivity index (χ0) is 16.9. The second kappa shape index (κ2) is 7.80. The first kappa shape index (κ1) is 16.3. The van der Waals surface area contributed by atoms with Crippen molar-refractivity contribution >= 4 is 34.4 Å². The molecule has 1 aliphatic rings. The van der Waals surface area contributed by atoms with Crippen LogP contribution in [0.2, 0.25) is 0 Å². The Labute approximate surface area is 151 Å². The number of hydrogen-bond donors (Lipinski definition) is 1. The fourth-order valence-electron chi connectivity index (χ4n) is 2.92. The summed E-state index contributed by atoms with van der Waals surface area (Å²) in [7, 11) is 0. The van der Waals surface area contributed by atoms with Crippen molar-refractivity contribution in [2.45, 2.75) is 6.42 Å². The van der Waals surface area contributed by atoms with Gasteiger partial charge in [0.1, 0.15) is 0 Å². The molecular weight excluding hydrogens is 330 g/mol. The first-order valence-corrected chi connectivity index (χ1v) is 9.76. The molecule has 4 rings (SSSR count). The van der Waals surface area contributed by atoms with Gasteiger partial charge in [-0.1, -0.05) is 12.1 Å². The Morgan fingerprint density at radius 3 is 2.72 bits per heavy atom. The molecule has 2 aromatic heterocycles. The van der Waals surface area contributed by atoms with Gasteiger partial charge >= 0.3 is 0 Å². The van der Waals surface area contributed by atoms with Crippen molar-refractivity contribution in [3.8, 4) is 0 Å². The first-order valence-electron chi connectivity index (χ1n) is 8.61. The number of benzene rings is 1. The van der Waals surface area contributed by atoms with E-state index in [0.717, 1.165) is 24.0 Å². The number of rotatable bonds is 5. The van der Waals surface area contributed by atoms with Crippen LogP contribution < -0.4 is 5.32 Å². The van der Waals surface area contributed by atoms with Gasteiger partial charge in [-0.2, -0.15) is 16.7 Å². The monoisotopic (exact) mass is 351 g/mol. The van der Waals surface area contributed by atoms with Crippen molar-refractivity contribution in [2.75, 3.05) is 36.5 Å². The average Bonchev–Trinajstić information content (AvgIpc) is 2.68. The van der Waals surface area contributed by atoms with Gasteiger partial charge in [0.25, 0.3) is 0 Å². The van der Waals surface area contributed by atoms with Crippen LogP contribution in [0.4, 0.5) is 11.6 Å². The Balaban J connectivity index is 1.37. The van der Waals surface area contributed by atoms with Crippen LogP contribution in [0.25, 0.3) is 11.0 Å². The predicted molar refractivity (Wildman–Crippen MR) is 105 cm³/mol. The Hall–Kier alpha value is -2.18. The number of hydrogen-bond acceptors (Lipinski definition) is 6. The van der Waals surface area contributed by atoms with E-state index in [4.69, 9.17) is 0 Å². The molecule has 5 nitrogen and oxygen atoms in total. The third kappa shape index (κ3) is 4.27. The van der Waals surface area contributed by atoms with Crippen LogP contribution in [0.3, 0.4) is 0 Å². The zero-order valence-corrected chi connectivity index (χ0v) is 14.9. The summed E-state index contributed by atoms with van der Waals surface area (Å²) in [6, 6.07) is 12.4. The molecule has 0 saturated carbocycles. The number of pyridine rings is 1. The molecule has 0 amide bonds. The van der Waals surface area contributed by atoms with Gasteiger partial charge in [-0.3, -0.25) is 0 Å². The average molecular weight is 351 g/mol. The largest absolute Gasteiger partial charge is 0.324 e. The maximum Gasteiger partial charge on any atom is 0.229 e. The van der Waals surface area contributed by atoms with Crippen LogP contribution in [0.5, 0.6) is 0 Å². The lowest BCUT2D eigenvalue weighted by Crippen LogP contribution is -2.34. The normalized spacial score (nSPS) is 15.4. The fourth-order valence-corrected chi connectivity index (χ4v) is 3.90.